The fourth-order valence-electron chi connectivity index (χ4n) is 4.37. The van der Waals surface area contributed by atoms with Crippen LogP contribution in [0.5, 0.6) is 0 Å². The summed E-state index contributed by atoms with van der Waals surface area (Å²) >= 11 is 0. The van der Waals surface area contributed by atoms with Gasteiger partial charge in [-0.25, -0.2) is 0 Å². The summed E-state index contributed by atoms with van der Waals surface area (Å²) in [6.07, 6.45) is 14.3. The summed E-state index contributed by atoms with van der Waals surface area (Å²) in [5, 5.41) is 0. The smallest absolute Gasteiger partial charge is 0.0129 e. The lowest BCUT2D eigenvalue weighted by Crippen LogP contribution is -2.18. The Morgan fingerprint density at radius 1 is 1.05 bits per heavy atom. The monoisotopic (exact) mass is 282 g/mol. The Hall–Kier alpha value is -1.04. The maximum Gasteiger partial charge on any atom is -0.0129 e. The molecular formula is C21H30. The molecule has 0 aliphatic heterocycles. The highest BCUT2D eigenvalue weighted by Crippen LogP contribution is 2.41. The van der Waals surface area contributed by atoms with E-state index in [9.17, 15) is 0 Å². The first kappa shape index (κ1) is 14.9. The normalized spacial score (nSPS) is 19.6. The first-order valence-corrected chi connectivity index (χ1v) is 8.82. The minimum atomic E-state index is 0.244. The van der Waals surface area contributed by atoms with Crippen molar-refractivity contribution in [1.29, 1.82) is 0 Å². The lowest BCUT2D eigenvalue weighted by atomic mass is 9.73. The first-order valence-electron chi connectivity index (χ1n) is 8.82. The van der Waals surface area contributed by atoms with Crippen molar-refractivity contribution in [3.8, 4) is 0 Å². The van der Waals surface area contributed by atoms with E-state index in [2.05, 4.69) is 45.9 Å². The van der Waals surface area contributed by atoms with Gasteiger partial charge in [0.1, 0.15) is 0 Å². The molecule has 114 valence electrons. The highest BCUT2D eigenvalue weighted by atomic mass is 14.3. The van der Waals surface area contributed by atoms with E-state index < -0.39 is 0 Å². The van der Waals surface area contributed by atoms with Crippen molar-refractivity contribution in [3.63, 3.8) is 0 Å². The van der Waals surface area contributed by atoms with Crippen molar-refractivity contribution >= 4 is 6.08 Å². The van der Waals surface area contributed by atoms with Crippen LogP contribution in [0.3, 0.4) is 0 Å². The van der Waals surface area contributed by atoms with Crippen LogP contribution in [0.25, 0.3) is 6.08 Å². The Kier molecular flexibility index (Phi) is 3.99. The minimum absolute atomic E-state index is 0.244. The third kappa shape index (κ3) is 2.82. The molecule has 3 rings (SSSR count). The second-order valence-corrected chi connectivity index (χ2v) is 8.06. The van der Waals surface area contributed by atoms with Gasteiger partial charge < -0.3 is 0 Å². The van der Waals surface area contributed by atoms with Crippen molar-refractivity contribution in [2.75, 3.05) is 0 Å². The van der Waals surface area contributed by atoms with Crippen molar-refractivity contribution in [3.05, 3.63) is 40.0 Å². The van der Waals surface area contributed by atoms with Crippen LogP contribution in [-0.2, 0) is 11.8 Å². The topological polar surface area (TPSA) is 0 Å². The first-order chi connectivity index (χ1) is 9.98. The Balaban J connectivity index is 2.16. The zero-order valence-corrected chi connectivity index (χ0v) is 14.3. The molecule has 0 aromatic heterocycles. The summed E-state index contributed by atoms with van der Waals surface area (Å²) in [5.74, 6) is 0.820. The van der Waals surface area contributed by atoms with E-state index in [1.54, 1.807) is 22.3 Å². The molecule has 2 aliphatic carbocycles. The maximum absolute atomic E-state index is 2.59. The summed E-state index contributed by atoms with van der Waals surface area (Å²) in [4.78, 5) is 0. The van der Waals surface area contributed by atoms with Crippen LogP contribution in [0, 0.1) is 6.92 Å². The molecule has 0 unspecified atom stereocenters. The van der Waals surface area contributed by atoms with Gasteiger partial charge in [-0.15, -0.1) is 0 Å². The third-order valence-electron chi connectivity index (χ3n) is 5.48. The Labute approximate surface area is 130 Å². The fourth-order valence-corrected chi connectivity index (χ4v) is 4.37. The van der Waals surface area contributed by atoms with Crippen LogP contribution in [0.2, 0.25) is 0 Å². The van der Waals surface area contributed by atoms with Gasteiger partial charge in [0, 0.05) is 0 Å². The van der Waals surface area contributed by atoms with E-state index >= 15 is 0 Å². The van der Waals surface area contributed by atoms with Crippen LogP contribution in [0.15, 0.2) is 12.1 Å². The molecule has 0 atom stereocenters. The molecule has 0 saturated heterocycles. The average Bonchev–Trinajstić information content (AvgIpc) is 2.47. The standard InChI is InChI=1S/C21H30/c1-15-17-12-8-9-13-18(17)19(14-20(15)21(2,3)4)16-10-6-5-7-11-16/h8,12,14,16H,5-7,9-11,13H2,1-4H3. The molecule has 1 aromatic rings. The van der Waals surface area contributed by atoms with Crippen LogP contribution >= 0.6 is 0 Å². The van der Waals surface area contributed by atoms with E-state index in [1.807, 2.05) is 0 Å². The van der Waals surface area contributed by atoms with E-state index in [0.717, 1.165) is 5.92 Å². The second kappa shape index (κ2) is 5.63. The third-order valence-corrected chi connectivity index (χ3v) is 5.48. The molecule has 21 heavy (non-hydrogen) atoms. The Morgan fingerprint density at radius 3 is 2.43 bits per heavy atom. The fraction of sp³-hybridized carbons (Fsp3) is 0.619. The van der Waals surface area contributed by atoms with Gasteiger partial charge in [-0.3, -0.25) is 0 Å². The van der Waals surface area contributed by atoms with Gasteiger partial charge in [0.05, 0.1) is 0 Å². The number of hydrogen-bond acceptors (Lipinski definition) is 0. The van der Waals surface area contributed by atoms with Crippen molar-refractivity contribution < 1.29 is 0 Å². The van der Waals surface area contributed by atoms with Crippen LogP contribution < -0.4 is 0 Å². The van der Waals surface area contributed by atoms with Crippen LogP contribution in [-0.4, -0.2) is 0 Å². The van der Waals surface area contributed by atoms with Gasteiger partial charge in [0.25, 0.3) is 0 Å². The highest BCUT2D eigenvalue weighted by Gasteiger charge is 2.26. The lowest BCUT2D eigenvalue weighted by Gasteiger charge is -2.32. The van der Waals surface area contributed by atoms with Crippen LogP contribution in [0.4, 0.5) is 0 Å². The SMILES string of the molecule is Cc1c(C(C)(C)C)cc(C2CCCCC2)c2c1C=CCC2. The molecule has 0 N–H and O–H groups in total. The summed E-state index contributed by atoms with van der Waals surface area (Å²) in [6.45, 7) is 9.41. The molecule has 0 nitrogen and oxygen atoms in total. The van der Waals surface area contributed by atoms with E-state index in [-0.39, 0.29) is 5.41 Å². The van der Waals surface area contributed by atoms with Gasteiger partial charge in [-0.2, -0.15) is 0 Å². The van der Waals surface area contributed by atoms with Crippen LogP contribution in [0.1, 0.15) is 93.0 Å². The molecule has 1 fully saturated rings. The molecule has 1 saturated carbocycles. The number of hydrogen-bond donors (Lipinski definition) is 0. The summed E-state index contributed by atoms with van der Waals surface area (Å²) in [5.41, 5.74) is 8.25. The van der Waals surface area contributed by atoms with E-state index in [4.69, 9.17) is 0 Å². The molecule has 0 radical (unpaired) electrons. The zero-order chi connectivity index (χ0) is 15.0. The van der Waals surface area contributed by atoms with Gasteiger partial charge in [0.2, 0.25) is 0 Å². The summed E-state index contributed by atoms with van der Waals surface area (Å²) in [7, 11) is 0. The molecule has 2 aliphatic rings. The largest absolute Gasteiger partial charge is 0.0836 e. The van der Waals surface area contributed by atoms with Gasteiger partial charge in [-0.1, -0.05) is 58.3 Å². The molecule has 0 heteroatoms. The number of allylic oxidation sites excluding steroid dienone is 1. The zero-order valence-electron chi connectivity index (χ0n) is 14.3. The molecule has 0 spiro atoms. The van der Waals surface area contributed by atoms with Gasteiger partial charge in [-0.05, 0) is 71.8 Å². The van der Waals surface area contributed by atoms with E-state index in [1.165, 1.54) is 50.5 Å². The Bertz CT molecular complexity index is 548. The maximum atomic E-state index is 2.59. The minimum Gasteiger partial charge on any atom is -0.0836 e. The molecule has 0 amide bonds. The van der Waals surface area contributed by atoms with Gasteiger partial charge >= 0.3 is 0 Å². The van der Waals surface area contributed by atoms with Crippen molar-refractivity contribution in [2.45, 2.75) is 84.0 Å². The predicted octanol–water partition coefficient (Wildman–Crippen LogP) is 6.30. The Morgan fingerprint density at radius 2 is 1.76 bits per heavy atom. The summed E-state index contributed by atoms with van der Waals surface area (Å²) in [6, 6.07) is 2.59. The second-order valence-electron chi connectivity index (χ2n) is 8.06. The molecular weight excluding hydrogens is 252 g/mol. The highest BCUT2D eigenvalue weighted by molar-refractivity contribution is 5.65. The van der Waals surface area contributed by atoms with Crippen molar-refractivity contribution in [2.24, 2.45) is 0 Å². The number of benzene rings is 1. The van der Waals surface area contributed by atoms with E-state index in [0.29, 0.717) is 0 Å². The predicted molar refractivity (Wildman–Crippen MR) is 93.1 cm³/mol. The number of fused-ring (bicyclic) bond motifs is 1. The molecule has 0 bridgehead atoms. The lowest BCUT2D eigenvalue weighted by molar-refractivity contribution is 0.440. The average molecular weight is 282 g/mol. The van der Waals surface area contributed by atoms with Crippen molar-refractivity contribution in [1.82, 2.24) is 0 Å². The molecule has 1 aromatic carbocycles. The molecule has 0 heterocycles. The number of rotatable bonds is 1. The van der Waals surface area contributed by atoms with Gasteiger partial charge in [0.15, 0.2) is 0 Å². The summed E-state index contributed by atoms with van der Waals surface area (Å²) < 4.78 is 0. The quantitative estimate of drug-likeness (QED) is 0.567.